The maximum atomic E-state index is 13.0. The Balaban J connectivity index is 1.84. The monoisotopic (exact) mass is 430 g/mol. The van der Waals surface area contributed by atoms with Crippen LogP contribution in [0.2, 0.25) is 0 Å². The molecule has 0 aromatic heterocycles. The van der Waals surface area contributed by atoms with E-state index in [9.17, 15) is 23.4 Å². The fourth-order valence-electron chi connectivity index (χ4n) is 3.43. The van der Waals surface area contributed by atoms with Gasteiger partial charge in [0.2, 0.25) is 5.91 Å². The zero-order valence-electron chi connectivity index (χ0n) is 16.3. The number of esters is 1. The van der Waals surface area contributed by atoms with E-state index in [4.69, 9.17) is 12.8 Å². The maximum absolute atomic E-state index is 13.0. The molecule has 156 valence electrons. The van der Waals surface area contributed by atoms with E-state index >= 15 is 0 Å². The van der Waals surface area contributed by atoms with Crippen LogP contribution in [-0.2, 0) is 45.8 Å². The van der Waals surface area contributed by atoms with Gasteiger partial charge in [0.05, 0.1) is 22.5 Å². The predicted molar refractivity (Wildman–Crippen MR) is 106 cm³/mol. The third-order valence-electron chi connectivity index (χ3n) is 4.92. The van der Waals surface area contributed by atoms with Crippen molar-refractivity contribution >= 4 is 42.6 Å². The van der Waals surface area contributed by atoms with Crippen molar-refractivity contribution in [1.29, 1.82) is 0 Å². The fraction of sp³-hybridized carbons (Fsp3) is 0.368. The maximum Gasteiger partial charge on any atom is 0.378 e. The Bertz CT molecular complexity index is 949. The molecule has 0 aliphatic carbocycles. The first-order valence-corrected chi connectivity index (χ1v) is 10.4. The molecule has 1 N–H and O–H groups in total. The summed E-state index contributed by atoms with van der Waals surface area (Å²) < 4.78 is 22.2. The molecule has 2 radical (unpaired) electrons. The van der Waals surface area contributed by atoms with Gasteiger partial charge in [-0.05, 0) is 12.5 Å². The molecule has 4 atom stereocenters. The molecule has 1 saturated heterocycles. The minimum Gasteiger partial charge on any atom is -0.539 e. The molecule has 9 nitrogen and oxygen atoms in total. The summed E-state index contributed by atoms with van der Waals surface area (Å²) in [4.78, 5) is 49.5. The van der Waals surface area contributed by atoms with Gasteiger partial charge in [0.15, 0.2) is 0 Å². The molecular formula is C19H19BN2O7S. The van der Waals surface area contributed by atoms with Crippen molar-refractivity contribution in [3.8, 4) is 0 Å². The number of carbonyl (C=O) groups is 4. The first-order valence-electron chi connectivity index (χ1n) is 9.09. The Hall–Kier alpha value is -2.95. The molecule has 2 heterocycles. The summed E-state index contributed by atoms with van der Waals surface area (Å²) in [5.74, 6) is -2.67. The fourth-order valence-corrected chi connectivity index (χ4v) is 5.17. The number of hydrogen-bond donors (Lipinski definition) is 1. The first kappa shape index (κ1) is 21.8. The Morgan fingerprint density at radius 3 is 2.50 bits per heavy atom. The SMILES string of the molecule is [B]OC(=O)C1=C(COC(C)=O)[C@@H](C)S(=O)[C@@H]2[C@H](NC(=O)Cc3ccccc3)C(=O)N12. The lowest BCUT2D eigenvalue weighted by atomic mass is 10.0. The molecule has 1 aromatic rings. The number of hydrogen-bond acceptors (Lipinski definition) is 7. The van der Waals surface area contributed by atoms with Crippen LogP contribution in [0.4, 0.5) is 0 Å². The standard InChI is InChI=1S/C19H19BN2O7S/c1-10-13(9-28-11(2)23)16(19(26)29-20)22-17(25)15(18(22)30(10)27)21-14(24)8-12-6-4-3-5-7-12/h3-7,10,15,18H,8-9H2,1-2H3,(H,21,24)/t10-,15-,18-,30?/m1/s1. The minimum atomic E-state index is -1.68. The summed E-state index contributed by atoms with van der Waals surface area (Å²) in [7, 11) is 3.33. The van der Waals surface area contributed by atoms with E-state index in [1.807, 2.05) is 6.07 Å². The van der Waals surface area contributed by atoms with Crippen LogP contribution >= 0.6 is 0 Å². The van der Waals surface area contributed by atoms with E-state index in [2.05, 4.69) is 9.97 Å². The third kappa shape index (κ3) is 4.02. The summed E-state index contributed by atoms with van der Waals surface area (Å²) in [6.07, 6.45) is 0.0464. The molecular weight excluding hydrogens is 411 g/mol. The number of β-lactam (4-membered cyclic amide) rings is 1. The van der Waals surface area contributed by atoms with Gasteiger partial charge in [-0.25, -0.2) is 4.79 Å². The second kappa shape index (κ2) is 8.82. The van der Waals surface area contributed by atoms with Gasteiger partial charge in [0, 0.05) is 12.5 Å². The Kier molecular flexibility index (Phi) is 6.40. The number of nitrogens with one attached hydrogen (secondary N) is 1. The largest absolute Gasteiger partial charge is 0.539 e. The molecule has 0 spiro atoms. The van der Waals surface area contributed by atoms with Crippen molar-refractivity contribution in [3.63, 3.8) is 0 Å². The van der Waals surface area contributed by atoms with Crippen molar-refractivity contribution in [2.24, 2.45) is 0 Å². The van der Waals surface area contributed by atoms with Crippen LogP contribution in [0.3, 0.4) is 0 Å². The number of ether oxygens (including phenoxy) is 1. The lowest BCUT2D eigenvalue weighted by molar-refractivity contribution is -0.150. The van der Waals surface area contributed by atoms with Gasteiger partial charge in [0.25, 0.3) is 5.91 Å². The van der Waals surface area contributed by atoms with Crippen LogP contribution in [0.15, 0.2) is 41.6 Å². The van der Waals surface area contributed by atoms with Gasteiger partial charge in [-0.3, -0.25) is 23.5 Å². The van der Waals surface area contributed by atoms with Gasteiger partial charge in [-0.15, -0.1) is 0 Å². The number of rotatable bonds is 6. The molecule has 1 unspecified atom stereocenters. The van der Waals surface area contributed by atoms with Crippen LogP contribution in [0, 0.1) is 0 Å². The van der Waals surface area contributed by atoms with Crippen LogP contribution in [-0.4, -0.2) is 64.2 Å². The van der Waals surface area contributed by atoms with Crippen molar-refractivity contribution in [1.82, 2.24) is 10.2 Å². The van der Waals surface area contributed by atoms with Crippen LogP contribution in [0.25, 0.3) is 0 Å². The van der Waals surface area contributed by atoms with Gasteiger partial charge >= 0.3 is 20.0 Å². The van der Waals surface area contributed by atoms with E-state index in [0.717, 1.165) is 10.5 Å². The number of fused-ring (bicyclic) bond motifs is 1. The van der Waals surface area contributed by atoms with E-state index in [1.54, 1.807) is 31.2 Å². The number of amides is 2. The van der Waals surface area contributed by atoms with Gasteiger partial charge in [0.1, 0.15) is 23.7 Å². The normalized spacial score (nSPS) is 25.1. The predicted octanol–water partition coefficient (Wildman–Crippen LogP) is -0.523. The summed E-state index contributed by atoms with van der Waals surface area (Å²) >= 11 is 0. The molecule has 0 saturated carbocycles. The second-order valence-corrected chi connectivity index (χ2v) is 8.68. The molecule has 0 bridgehead atoms. The first-order chi connectivity index (χ1) is 14.3. The number of carbonyl (C=O) groups excluding carboxylic acids is 4. The Morgan fingerprint density at radius 1 is 1.23 bits per heavy atom. The quantitative estimate of drug-likeness (QED) is 0.366. The molecule has 30 heavy (non-hydrogen) atoms. The molecule has 1 fully saturated rings. The Morgan fingerprint density at radius 2 is 1.90 bits per heavy atom. The van der Waals surface area contributed by atoms with E-state index in [0.29, 0.717) is 0 Å². The molecule has 1 aromatic carbocycles. The summed E-state index contributed by atoms with van der Waals surface area (Å²) in [6, 6.07) is 7.89. The third-order valence-corrected chi connectivity index (χ3v) is 6.86. The summed E-state index contributed by atoms with van der Waals surface area (Å²) in [5, 5.41) is 0.902. The minimum absolute atomic E-state index is 0.0464. The van der Waals surface area contributed by atoms with E-state index in [1.165, 1.54) is 6.92 Å². The van der Waals surface area contributed by atoms with Crippen LogP contribution < -0.4 is 5.32 Å². The number of nitrogens with zero attached hydrogens (tertiary/aromatic N) is 1. The van der Waals surface area contributed by atoms with Crippen LogP contribution in [0.1, 0.15) is 19.4 Å². The second-order valence-electron chi connectivity index (χ2n) is 6.84. The summed E-state index contributed by atoms with van der Waals surface area (Å²) in [6.45, 7) is 2.41. The Labute approximate surface area is 176 Å². The lowest BCUT2D eigenvalue weighted by Gasteiger charge is -2.50. The lowest BCUT2D eigenvalue weighted by Crippen LogP contribution is -2.74. The highest BCUT2D eigenvalue weighted by molar-refractivity contribution is 7.86. The average molecular weight is 430 g/mol. The zero-order chi connectivity index (χ0) is 22.0. The molecule has 3 rings (SSSR count). The highest BCUT2D eigenvalue weighted by Crippen LogP contribution is 2.38. The van der Waals surface area contributed by atoms with Crippen LogP contribution in [0.5, 0.6) is 0 Å². The van der Waals surface area contributed by atoms with Gasteiger partial charge in [-0.1, -0.05) is 30.3 Å². The van der Waals surface area contributed by atoms with Gasteiger partial charge < -0.3 is 14.7 Å². The van der Waals surface area contributed by atoms with E-state index < -0.39 is 51.2 Å². The summed E-state index contributed by atoms with van der Waals surface area (Å²) in [5.41, 5.74) is 0.708. The average Bonchev–Trinajstić information content (AvgIpc) is 2.72. The molecule has 11 heteroatoms. The zero-order valence-corrected chi connectivity index (χ0v) is 17.1. The topological polar surface area (TPSA) is 119 Å². The van der Waals surface area contributed by atoms with Crippen molar-refractivity contribution in [2.75, 3.05) is 6.61 Å². The van der Waals surface area contributed by atoms with Crippen molar-refractivity contribution < 1.29 is 32.8 Å². The van der Waals surface area contributed by atoms with Crippen molar-refractivity contribution in [2.45, 2.75) is 36.9 Å². The smallest absolute Gasteiger partial charge is 0.378 e. The molecule has 2 aliphatic rings. The molecule has 2 aliphatic heterocycles. The van der Waals surface area contributed by atoms with Crippen molar-refractivity contribution in [3.05, 3.63) is 47.2 Å². The van der Waals surface area contributed by atoms with E-state index in [-0.39, 0.29) is 24.3 Å². The number of benzene rings is 1. The highest BCUT2D eigenvalue weighted by Gasteiger charge is 2.59. The highest BCUT2D eigenvalue weighted by atomic mass is 32.2. The molecule has 2 amide bonds. The van der Waals surface area contributed by atoms with Gasteiger partial charge in [-0.2, -0.15) is 0 Å².